The number of benzene rings is 1. The summed E-state index contributed by atoms with van der Waals surface area (Å²) in [5.74, 6) is 1.35. The molecule has 0 bridgehead atoms. The van der Waals surface area contributed by atoms with Crippen LogP contribution in [0.25, 0.3) is 0 Å². The van der Waals surface area contributed by atoms with Crippen LogP contribution in [0.3, 0.4) is 0 Å². The molecular formula is C13H15ClN2O. The van der Waals surface area contributed by atoms with E-state index in [2.05, 4.69) is 17.6 Å². The van der Waals surface area contributed by atoms with E-state index >= 15 is 0 Å². The minimum atomic E-state index is -0.0220. The maximum Gasteiger partial charge on any atom is 0.189 e. The number of rotatable bonds is 2. The Balaban J connectivity index is 2.06. The van der Waals surface area contributed by atoms with Crippen LogP contribution in [0.2, 0.25) is 5.02 Å². The smallest absolute Gasteiger partial charge is 0.189 e. The summed E-state index contributed by atoms with van der Waals surface area (Å²) in [6.07, 6.45) is 1.59. The molecule has 0 unspecified atom stereocenters. The Bertz CT molecular complexity index is 429. The van der Waals surface area contributed by atoms with E-state index in [1.165, 1.54) is 0 Å². The first-order chi connectivity index (χ1) is 8.15. The summed E-state index contributed by atoms with van der Waals surface area (Å²) >= 11 is 5.77. The average molecular weight is 251 g/mol. The lowest BCUT2D eigenvalue weighted by Gasteiger charge is -2.24. The molecule has 1 heterocycles. The van der Waals surface area contributed by atoms with Gasteiger partial charge in [0.1, 0.15) is 5.82 Å². The summed E-state index contributed by atoms with van der Waals surface area (Å²) in [6, 6.07) is 6.90. The first-order valence-corrected chi connectivity index (χ1v) is 6.02. The zero-order valence-corrected chi connectivity index (χ0v) is 10.4. The predicted octanol–water partition coefficient (Wildman–Crippen LogP) is 2.19. The molecule has 1 saturated heterocycles. The van der Waals surface area contributed by atoms with Gasteiger partial charge in [-0.2, -0.15) is 0 Å². The molecular weight excluding hydrogens is 236 g/mol. The average Bonchev–Trinajstić information content (AvgIpc) is 2.33. The third-order valence-electron chi connectivity index (χ3n) is 2.69. The van der Waals surface area contributed by atoms with Crippen molar-refractivity contribution in [2.24, 2.45) is 5.92 Å². The normalized spacial score (nSPS) is 19.2. The molecule has 0 radical (unpaired) electrons. The zero-order valence-electron chi connectivity index (χ0n) is 9.66. The number of carbonyl (C=O) groups excluding carboxylic acids is 1. The topological polar surface area (TPSA) is 41.1 Å². The maximum absolute atomic E-state index is 11.9. The first-order valence-electron chi connectivity index (χ1n) is 5.64. The number of carbonyl (C=O) groups is 1. The van der Waals surface area contributed by atoms with E-state index < -0.39 is 0 Å². The number of hydrogen-bond acceptors (Lipinski definition) is 3. The van der Waals surface area contributed by atoms with Gasteiger partial charge in [-0.05, 0) is 30.2 Å². The highest BCUT2D eigenvalue weighted by Gasteiger charge is 2.11. The van der Waals surface area contributed by atoms with Gasteiger partial charge in [0.15, 0.2) is 5.78 Å². The van der Waals surface area contributed by atoms with Gasteiger partial charge in [0.05, 0.1) is 0 Å². The summed E-state index contributed by atoms with van der Waals surface area (Å²) in [5.41, 5.74) is 0.643. The molecule has 3 nitrogen and oxygen atoms in total. The second-order valence-electron chi connectivity index (χ2n) is 4.30. The van der Waals surface area contributed by atoms with Gasteiger partial charge >= 0.3 is 0 Å². The van der Waals surface area contributed by atoms with E-state index in [1.807, 2.05) is 0 Å². The van der Waals surface area contributed by atoms with Crippen molar-refractivity contribution in [2.75, 3.05) is 13.1 Å². The van der Waals surface area contributed by atoms with Crippen molar-refractivity contribution in [1.82, 2.24) is 10.6 Å². The summed E-state index contributed by atoms with van der Waals surface area (Å²) in [5, 5.41) is 7.00. The van der Waals surface area contributed by atoms with Gasteiger partial charge in [0.2, 0.25) is 0 Å². The molecule has 0 spiro atoms. The van der Waals surface area contributed by atoms with Gasteiger partial charge in [-0.15, -0.1) is 0 Å². The largest absolute Gasteiger partial charge is 0.371 e. The second kappa shape index (κ2) is 5.23. The van der Waals surface area contributed by atoms with Crippen molar-refractivity contribution in [3.8, 4) is 0 Å². The van der Waals surface area contributed by atoms with Crippen molar-refractivity contribution in [1.29, 1.82) is 0 Å². The zero-order chi connectivity index (χ0) is 12.3. The molecule has 1 aliphatic rings. The van der Waals surface area contributed by atoms with E-state index in [0.29, 0.717) is 16.5 Å². The van der Waals surface area contributed by atoms with Gasteiger partial charge in [-0.1, -0.05) is 18.5 Å². The SMILES string of the molecule is CC1CNC(=CC(=O)c2ccc(Cl)cc2)NC1. The Morgan fingerprint density at radius 2 is 1.88 bits per heavy atom. The van der Waals surface area contributed by atoms with Gasteiger partial charge in [0.25, 0.3) is 0 Å². The van der Waals surface area contributed by atoms with E-state index in [9.17, 15) is 4.79 Å². The fourth-order valence-electron chi connectivity index (χ4n) is 1.63. The van der Waals surface area contributed by atoms with Crippen molar-refractivity contribution in [2.45, 2.75) is 6.92 Å². The molecule has 17 heavy (non-hydrogen) atoms. The summed E-state index contributed by atoms with van der Waals surface area (Å²) in [6.45, 7) is 3.94. The lowest BCUT2D eigenvalue weighted by molar-refractivity contribution is 0.104. The van der Waals surface area contributed by atoms with Crippen LogP contribution in [0.1, 0.15) is 17.3 Å². The summed E-state index contributed by atoms with van der Waals surface area (Å²) in [7, 11) is 0. The standard InChI is InChI=1S/C13H15ClN2O/c1-9-7-15-13(16-8-9)6-12(17)10-2-4-11(14)5-3-10/h2-6,9,15-16H,7-8H2,1H3. The fourth-order valence-corrected chi connectivity index (χ4v) is 1.76. The highest BCUT2D eigenvalue weighted by Crippen LogP contribution is 2.11. The van der Waals surface area contributed by atoms with Crippen LogP contribution >= 0.6 is 11.6 Å². The van der Waals surface area contributed by atoms with E-state index in [4.69, 9.17) is 11.6 Å². The molecule has 0 aliphatic carbocycles. The predicted molar refractivity (Wildman–Crippen MR) is 69.0 cm³/mol. The lowest BCUT2D eigenvalue weighted by Crippen LogP contribution is -2.41. The lowest BCUT2D eigenvalue weighted by atomic mass is 10.1. The van der Waals surface area contributed by atoms with Crippen LogP contribution in [0.15, 0.2) is 36.2 Å². The highest BCUT2D eigenvalue weighted by atomic mass is 35.5. The van der Waals surface area contributed by atoms with Crippen LogP contribution in [0, 0.1) is 5.92 Å². The van der Waals surface area contributed by atoms with Crippen molar-refractivity contribution >= 4 is 17.4 Å². The van der Waals surface area contributed by atoms with E-state index in [0.717, 1.165) is 18.9 Å². The van der Waals surface area contributed by atoms with Gasteiger partial charge in [-0.3, -0.25) is 4.79 Å². The van der Waals surface area contributed by atoms with Gasteiger partial charge in [-0.25, -0.2) is 0 Å². The summed E-state index contributed by atoms with van der Waals surface area (Å²) in [4.78, 5) is 11.9. The highest BCUT2D eigenvalue weighted by molar-refractivity contribution is 6.30. The first kappa shape index (κ1) is 12.0. The molecule has 0 amide bonds. The number of ketones is 1. The number of halogens is 1. The Labute approximate surface area is 106 Å². The molecule has 1 aromatic carbocycles. The van der Waals surface area contributed by atoms with E-state index in [-0.39, 0.29) is 5.78 Å². The second-order valence-corrected chi connectivity index (χ2v) is 4.73. The van der Waals surface area contributed by atoms with Gasteiger partial charge < -0.3 is 10.6 Å². The molecule has 2 rings (SSSR count). The number of allylic oxidation sites excluding steroid dienone is 1. The molecule has 0 saturated carbocycles. The van der Waals surface area contributed by atoms with Crippen LogP contribution in [-0.4, -0.2) is 18.9 Å². The van der Waals surface area contributed by atoms with E-state index in [1.54, 1.807) is 30.3 Å². The molecule has 1 fully saturated rings. The van der Waals surface area contributed by atoms with Crippen LogP contribution in [0.5, 0.6) is 0 Å². The third-order valence-corrected chi connectivity index (χ3v) is 2.94. The monoisotopic (exact) mass is 250 g/mol. The van der Waals surface area contributed by atoms with Gasteiger partial charge in [0, 0.05) is 29.8 Å². The Morgan fingerprint density at radius 1 is 1.29 bits per heavy atom. The summed E-state index contributed by atoms with van der Waals surface area (Å²) < 4.78 is 0. The molecule has 0 aromatic heterocycles. The quantitative estimate of drug-likeness (QED) is 0.625. The maximum atomic E-state index is 11.9. The molecule has 90 valence electrons. The third kappa shape index (κ3) is 3.24. The fraction of sp³-hybridized carbons (Fsp3) is 0.308. The minimum Gasteiger partial charge on any atom is -0.371 e. The Kier molecular flexibility index (Phi) is 3.69. The van der Waals surface area contributed by atoms with Crippen molar-refractivity contribution in [3.63, 3.8) is 0 Å². The van der Waals surface area contributed by atoms with Crippen LogP contribution < -0.4 is 10.6 Å². The molecule has 0 atom stereocenters. The van der Waals surface area contributed by atoms with Crippen LogP contribution in [0.4, 0.5) is 0 Å². The van der Waals surface area contributed by atoms with Crippen molar-refractivity contribution in [3.05, 3.63) is 46.7 Å². The molecule has 1 aliphatic heterocycles. The minimum absolute atomic E-state index is 0.0220. The number of hydrogen-bond donors (Lipinski definition) is 2. The number of nitrogens with one attached hydrogen (secondary N) is 2. The Morgan fingerprint density at radius 3 is 2.47 bits per heavy atom. The Hall–Kier alpha value is -1.48. The van der Waals surface area contributed by atoms with Crippen molar-refractivity contribution < 1.29 is 4.79 Å². The molecule has 1 aromatic rings. The molecule has 2 N–H and O–H groups in total. The molecule has 4 heteroatoms. The van der Waals surface area contributed by atoms with Crippen LogP contribution in [-0.2, 0) is 0 Å².